The fourth-order valence-electron chi connectivity index (χ4n) is 2.95. The highest BCUT2D eigenvalue weighted by molar-refractivity contribution is 6.40. The van der Waals surface area contributed by atoms with Gasteiger partial charge in [0, 0.05) is 24.0 Å². The number of cyclic esters (lactones) is 1. The average molecular weight is 334 g/mol. The van der Waals surface area contributed by atoms with Crippen LogP contribution in [-0.2, 0) is 10.1 Å². The fraction of sp³-hybridized carbons (Fsp3) is 0.333. The zero-order chi connectivity index (χ0) is 18.2. The SMILES string of the molecule is [B]C([B])(c1cc(-c2ccc(F)c(C)c2)cnc1C)N1CCCOC1=O. The number of benzene rings is 1. The number of aromatic nitrogens is 1. The maximum absolute atomic E-state index is 13.5. The van der Waals surface area contributed by atoms with E-state index in [2.05, 4.69) is 4.98 Å². The molecule has 3 rings (SSSR count). The van der Waals surface area contributed by atoms with Gasteiger partial charge in [0.25, 0.3) is 0 Å². The van der Waals surface area contributed by atoms with Crippen LogP contribution in [-0.4, -0.2) is 44.8 Å². The summed E-state index contributed by atoms with van der Waals surface area (Å²) in [6.45, 7) is 4.24. The van der Waals surface area contributed by atoms with E-state index >= 15 is 0 Å². The molecule has 1 fully saturated rings. The van der Waals surface area contributed by atoms with Crippen LogP contribution < -0.4 is 0 Å². The molecule has 2 aromatic rings. The van der Waals surface area contributed by atoms with E-state index in [9.17, 15) is 9.18 Å². The number of pyridine rings is 1. The molecule has 0 bridgehead atoms. The van der Waals surface area contributed by atoms with Crippen molar-refractivity contribution in [3.63, 3.8) is 0 Å². The first kappa shape index (κ1) is 17.5. The molecule has 1 aromatic heterocycles. The third-order valence-electron chi connectivity index (χ3n) is 4.43. The minimum atomic E-state index is -1.54. The summed E-state index contributed by atoms with van der Waals surface area (Å²) in [6.07, 6.45) is 1.79. The van der Waals surface area contributed by atoms with Crippen LogP contribution in [0.25, 0.3) is 11.1 Å². The number of carbonyl (C=O) groups excluding carboxylic acids is 1. The molecule has 25 heavy (non-hydrogen) atoms. The summed E-state index contributed by atoms with van der Waals surface area (Å²) in [5.74, 6) is -0.271. The lowest BCUT2D eigenvalue weighted by Gasteiger charge is -2.42. The molecule has 0 aliphatic carbocycles. The third-order valence-corrected chi connectivity index (χ3v) is 4.43. The molecular weight excluding hydrogens is 317 g/mol. The van der Waals surface area contributed by atoms with Crippen molar-refractivity contribution < 1.29 is 13.9 Å². The van der Waals surface area contributed by atoms with Gasteiger partial charge in [0.05, 0.1) is 22.3 Å². The van der Waals surface area contributed by atoms with Gasteiger partial charge in [-0.25, -0.2) is 9.18 Å². The van der Waals surface area contributed by atoms with Gasteiger partial charge in [0.1, 0.15) is 5.82 Å². The fourth-order valence-corrected chi connectivity index (χ4v) is 2.95. The van der Waals surface area contributed by atoms with E-state index in [-0.39, 0.29) is 5.82 Å². The van der Waals surface area contributed by atoms with Crippen molar-refractivity contribution in [1.29, 1.82) is 0 Å². The van der Waals surface area contributed by atoms with Crippen LogP contribution in [0.3, 0.4) is 0 Å². The Labute approximate surface area is 149 Å². The normalized spacial score (nSPS) is 15.2. The summed E-state index contributed by atoms with van der Waals surface area (Å²) in [5.41, 5.74) is 3.21. The van der Waals surface area contributed by atoms with E-state index in [1.54, 1.807) is 38.2 Å². The summed E-state index contributed by atoms with van der Waals surface area (Å²) in [7, 11) is 12.6. The Morgan fingerprint density at radius 3 is 2.68 bits per heavy atom. The van der Waals surface area contributed by atoms with Crippen molar-refractivity contribution >= 4 is 21.8 Å². The summed E-state index contributed by atoms with van der Waals surface area (Å²) >= 11 is 0. The molecule has 4 radical (unpaired) electrons. The minimum absolute atomic E-state index is 0.271. The Balaban J connectivity index is 2.04. The molecule has 1 amide bonds. The summed E-state index contributed by atoms with van der Waals surface area (Å²) < 4.78 is 18.6. The van der Waals surface area contributed by atoms with Gasteiger partial charge in [-0.05, 0) is 60.5 Å². The molecule has 0 unspecified atom stereocenters. The molecule has 7 heteroatoms. The third kappa shape index (κ3) is 3.28. The highest BCUT2D eigenvalue weighted by Crippen LogP contribution is 2.31. The first-order valence-electron chi connectivity index (χ1n) is 8.06. The lowest BCUT2D eigenvalue weighted by Crippen LogP contribution is -2.53. The molecule has 0 saturated carbocycles. The molecular formula is C18H17B2FN2O2. The van der Waals surface area contributed by atoms with Crippen molar-refractivity contribution in [2.45, 2.75) is 25.6 Å². The van der Waals surface area contributed by atoms with Crippen LogP contribution in [0, 0.1) is 19.7 Å². The molecule has 0 atom stereocenters. The number of hydrogen-bond acceptors (Lipinski definition) is 3. The van der Waals surface area contributed by atoms with Gasteiger partial charge in [0.2, 0.25) is 0 Å². The Morgan fingerprint density at radius 1 is 1.24 bits per heavy atom. The van der Waals surface area contributed by atoms with Crippen LogP contribution >= 0.6 is 0 Å². The van der Waals surface area contributed by atoms with Crippen LogP contribution in [0.2, 0.25) is 0 Å². The summed E-state index contributed by atoms with van der Waals surface area (Å²) in [6, 6.07) is 6.60. The molecule has 1 aliphatic rings. The van der Waals surface area contributed by atoms with Crippen molar-refractivity contribution in [2.75, 3.05) is 13.2 Å². The van der Waals surface area contributed by atoms with Crippen molar-refractivity contribution in [3.8, 4) is 11.1 Å². The number of rotatable bonds is 3. The number of ether oxygens (including phenoxy) is 1. The monoisotopic (exact) mass is 334 g/mol. The van der Waals surface area contributed by atoms with Crippen LogP contribution in [0.4, 0.5) is 9.18 Å². The largest absolute Gasteiger partial charge is 0.449 e. The molecule has 4 nitrogen and oxygen atoms in total. The number of amides is 1. The topological polar surface area (TPSA) is 42.4 Å². The minimum Gasteiger partial charge on any atom is -0.449 e. The second-order valence-electron chi connectivity index (χ2n) is 6.27. The zero-order valence-corrected chi connectivity index (χ0v) is 14.3. The van der Waals surface area contributed by atoms with E-state index in [1.165, 1.54) is 11.0 Å². The van der Waals surface area contributed by atoms with Gasteiger partial charge in [-0.1, -0.05) is 6.07 Å². The van der Waals surface area contributed by atoms with Gasteiger partial charge in [0.15, 0.2) is 0 Å². The standard InChI is InChI=1S/C18H17B2FN2O2/c1-11-8-13(4-5-16(11)21)14-9-15(12(2)22-10-14)18(19,20)23-6-3-7-25-17(23)24/h4-5,8-10H,3,6-7H2,1-2H3. The predicted molar refractivity (Wildman–Crippen MR) is 95.0 cm³/mol. The summed E-state index contributed by atoms with van der Waals surface area (Å²) in [4.78, 5) is 17.7. The highest BCUT2D eigenvalue weighted by atomic mass is 19.1. The Bertz CT molecular complexity index is 827. The van der Waals surface area contributed by atoms with Gasteiger partial charge in [-0.15, -0.1) is 0 Å². The predicted octanol–water partition coefficient (Wildman–Crippen LogP) is 2.79. The first-order valence-corrected chi connectivity index (χ1v) is 8.06. The molecule has 0 spiro atoms. The molecule has 1 saturated heterocycles. The first-order chi connectivity index (χ1) is 11.8. The Kier molecular flexibility index (Phi) is 4.58. The molecule has 0 N–H and O–H groups in total. The number of nitrogens with zero attached hydrogens (tertiary/aromatic N) is 2. The smallest absolute Gasteiger partial charge is 0.409 e. The Morgan fingerprint density at radius 2 is 2.00 bits per heavy atom. The number of aryl methyl sites for hydroxylation is 2. The number of halogens is 1. The maximum Gasteiger partial charge on any atom is 0.409 e. The van der Waals surface area contributed by atoms with E-state index in [1.807, 2.05) is 0 Å². The highest BCUT2D eigenvalue weighted by Gasteiger charge is 2.35. The molecule has 1 aromatic carbocycles. The number of carbonyl (C=O) groups is 1. The lowest BCUT2D eigenvalue weighted by molar-refractivity contribution is 0.0603. The summed E-state index contributed by atoms with van der Waals surface area (Å²) in [5, 5.41) is -1.54. The zero-order valence-electron chi connectivity index (χ0n) is 14.3. The van der Waals surface area contributed by atoms with Crippen molar-refractivity contribution in [2.24, 2.45) is 0 Å². The van der Waals surface area contributed by atoms with Gasteiger partial charge >= 0.3 is 6.09 Å². The quantitative estimate of drug-likeness (QED) is 0.811. The maximum atomic E-state index is 13.5. The lowest BCUT2D eigenvalue weighted by atomic mass is 9.56. The van der Waals surface area contributed by atoms with Crippen LogP contribution in [0.15, 0.2) is 30.5 Å². The van der Waals surface area contributed by atoms with Crippen LogP contribution in [0.1, 0.15) is 23.2 Å². The van der Waals surface area contributed by atoms with Crippen molar-refractivity contribution in [3.05, 3.63) is 53.1 Å². The van der Waals surface area contributed by atoms with Crippen LogP contribution in [0.5, 0.6) is 0 Å². The van der Waals surface area contributed by atoms with Gasteiger partial charge < -0.3 is 9.64 Å². The van der Waals surface area contributed by atoms with Gasteiger partial charge in [-0.3, -0.25) is 4.98 Å². The Hall–Kier alpha value is -2.30. The molecule has 2 heterocycles. The van der Waals surface area contributed by atoms with E-state index in [4.69, 9.17) is 20.4 Å². The van der Waals surface area contributed by atoms with E-state index in [0.717, 1.165) is 11.1 Å². The van der Waals surface area contributed by atoms with Gasteiger partial charge in [-0.2, -0.15) is 0 Å². The second kappa shape index (κ2) is 6.54. The number of hydrogen-bond donors (Lipinski definition) is 0. The van der Waals surface area contributed by atoms with E-state index in [0.29, 0.717) is 36.4 Å². The second-order valence-corrected chi connectivity index (χ2v) is 6.27. The molecule has 1 aliphatic heterocycles. The molecule has 124 valence electrons. The van der Waals surface area contributed by atoms with Crippen molar-refractivity contribution in [1.82, 2.24) is 9.88 Å². The van der Waals surface area contributed by atoms with E-state index < -0.39 is 11.4 Å². The average Bonchev–Trinajstić information content (AvgIpc) is 2.58.